The molecule has 1 aliphatic heterocycles. The Balaban J connectivity index is 1.40. The zero-order chi connectivity index (χ0) is 21.1. The third kappa shape index (κ3) is 4.41. The number of anilines is 2. The highest BCUT2D eigenvalue weighted by Crippen LogP contribution is 2.44. The number of carbonyl (C=O) groups excluding carboxylic acids is 3. The van der Waals surface area contributed by atoms with Crippen LogP contribution in [0.4, 0.5) is 11.4 Å². The van der Waals surface area contributed by atoms with Crippen molar-refractivity contribution >= 4 is 45.1 Å². The van der Waals surface area contributed by atoms with Crippen molar-refractivity contribution in [1.82, 2.24) is 0 Å². The second-order valence-corrected chi connectivity index (χ2v) is 8.80. The number of benzene rings is 2. The summed E-state index contributed by atoms with van der Waals surface area (Å²) < 4.78 is 6.56. The molecule has 0 bridgehead atoms. The fourth-order valence-corrected chi connectivity index (χ4v) is 4.56. The van der Waals surface area contributed by atoms with E-state index >= 15 is 0 Å². The van der Waals surface area contributed by atoms with Crippen LogP contribution in [0.15, 0.2) is 53.0 Å². The molecule has 1 saturated heterocycles. The molecule has 2 N–H and O–H groups in total. The fraction of sp³-hybridized carbons (Fsp3) is 0.348. The molecule has 156 valence electrons. The van der Waals surface area contributed by atoms with E-state index in [1.165, 1.54) is 0 Å². The zero-order valence-electron chi connectivity index (χ0n) is 16.4. The van der Waals surface area contributed by atoms with Gasteiger partial charge in [-0.25, -0.2) is 0 Å². The Bertz CT molecular complexity index is 950. The second-order valence-electron chi connectivity index (χ2n) is 7.88. The van der Waals surface area contributed by atoms with Gasteiger partial charge < -0.3 is 15.4 Å². The lowest BCUT2D eigenvalue weighted by atomic mass is 9.75. The van der Waals surface area contributed by atoms with Gasteiger partial charge in [0.15, 0.2) is 0 Å². The van der Waals surface area contributed by atoms with Crippen molar-refractivity contribution in [3.63, 3.8) is 0 Å². The minimum absolute atomic E-state index is 0.125. The molecule has 0 radical (unpaired) electrons. The number of nitrogens with one attached hydrogen (secondary N) is 2. The normalized spacial score (nSPS) is 19.9. The summed E-state index contributed by atoms with van der Waals surface area (Å²) in [5.74, 6) is -1.19. The third-order valence-electron chi connectivity index (χ3n) is 5.86. The Morgan fingerprint density at radius 2 is 1.50 bits per heavy atom. The molecule has 1 spiro atoms. The van der Waals surface area contributed by atoms with Gasteiger partial charge in [0.05, 0.1) is 12.3 Å². The number of amides is 2. The molecule has 1 saturated carbocycles. The molecule has 1 aliphatic carbocycles. The van der Waals surface area contributed by atoms with Gasteiger partial charge in [-0.1, -0.05) is 22.4 Å². The molecule has 4 rings (SSSR count). The lowest BCUT2D eigenvalue weighted by Crippen LogP contribution is -2.43. The molecule has 1 atom stereocenters. The van der Waals surface area contributed by atoms with Crippen LogP contribution in [0.1, 0.15) is 48.9 Å². The molecule has 2 aromatic rings. The average Bonchev–Trinajstić information content (AvgIpc) is 3.06. The van der Waals surface area contributed by atoms with Crippen molar-refractivity contribution in [1.29, 1.82) is 0 Å². The minimum Gasteiger partial charge on any atom is -0.458 e. The van der Waals surface area contributed by atoms with E-state index in [9.17, 15) is 14.4 Å². The van der Waals surface area contributed by atoms with Crippen LogP contribution in [0.25, 0.3) is 0 Å². The summed E-state index contributed by atoms with van der Waals surface area (Å²) >= 11 is 3.36. The van der Waals surface area contributed by atoms with Crippen LogP contribution < -0.4 is 10.6 Å². The van der Waals surface area contributed by atoms with Crippen LogP contribution in [0.2, 0.25) is 0 Å². The number of esters is 1. The molecular formula is C23H23BrN2O4. The van der Waals surface area contributed by atoms with E-state index in [0.717, 1.165) is 36.6 Å². The molecule has 0 aromatic heterocycles. The highest BCUT2D eigenvalue weighted by Gasteiger charge is 2.52. The van der Waals surface area contributed by atoms with Crippen LogP contribution in [0, 0.1) is 5.92 Å². The van der Waals surface area contributed by atoms with Gasteiger partial charge in [0, 0.05) is 21.4 Å². The molecule has 2 amide bonds. The summed E-state index contributed by atoms with van der Waals surface area (Å²) in [5, 5.41) is 5.72. The summed E-state index contributed by atoms with van der Waals surface area (Å²) in [5.41, 5.74) is 1.12. The maximum atomic E-state index is 12.9. The Kier molecular flexibility index (Phi) is 5.90. The predicted octanol–water partition coefficient (Wildman–Crippen LogP) is 4.91. The van der Waals surface area contributed by atoms with Crippen molar-refractivity contribution in [2.24, 2.45) is 5.92 Å². The molecular weight excluding hydrogens is 448 g/mol. The van der Waals surface area contributed by atoms with Crippen molar-refractivity contribution in [3.8, 4) is 0 Å². The van der Waals surface area contributed by atoms with E-state index in [2.05, 4.69) is 26.6 Å². The summed E-state index contributed by atoms with van der Waals surface area (Å²) in [6, 6.07) is 14.0. The molecule has 2 aliphatic rings. The van der Waals surface area contributed by atoms with Gasteiger partial charge in [-0.2, -0.15) is 0 Å². The van der Waals surface area contributed by atoms with Crippen molar-refractivity contribution in [2.75, 3.05) is 10.6 Å². The Morgan fingerprint density at radius 1 is 0.900 bits per heavy atom. The first-order valence-electron chi connectivity index (χ1n) is 10.1. The number of halogens is 1. The number of ether oxygens (including phenoxy) is 1. The lowest BCUT2D eigenvalue weighted by molar-refractivity contribution is -0.153. The maximum Gasteiger partial charge on any atom is 0.307 e. The third-order valence-corrected chi connectivity index (χ3v) is 6.38. The second kappa shape index (κ2) is 8.60. The smallest absolute Gasteiger partial charge is 0.307 e. The number of hydrogen-bond acceptors (Lipinski definition) is 4. The number of hydrogen-bond donors (Lipinski definition) is 2. The minimum atomic E-state index is -0.649. The highest BCUT2D eigenvalue weighted by molar-refractivity contribution is 9.10. The first-order chi connectivity index (χ1) is 14.4. The van der Waals surface area contributed by atoms with Gasteiger partial charge in [0.25, 0.3) is 5.91 Å². The molecule has 30 heavy (non-hydrogen) atoms. The Labute approximate surface area is 183 Å². The first kappa shape index (κ1) is 20.6. The van der Waals surface area contributed by atoms with Crippen LogP contribution in [-0.2, 0) is 14.3 Å². The number of carbonyl (C=O) groups is 3. The Morgan fingerprint density at radius 3 is 2.17 bits per heavy atom. The predicted molar refractivity (Wildman–Crippen MR) is 117 cm³/mol. The standard InChI is InChI=1S/C23H23BrN2O4/c24-16-6-10-18(11-7-16)25-21(28)15-4-8-17(9-5-15)26-22(29)19-14-20(27)30-23(19)12-2-1-3-13-23/h4-11,19H,1-3,12-14H2,(H,25,28)(H,26,29). The quantitative estimate of drug-likeness (QED) is 0.621. The van der Waals surface area contributed by atoms with E-state index in [0.29, 0.717) is 16.9 Å². The van der Waals surface area contributed by atoms with Gasteiger partial charge in [-0.05, 0) is 74.2 Å². The first-order valence-corrected chi connectivity index (χ1v) is 10.9. The van der Waals surface area contributed by atoms with Crippen molar-refractivity contribution in [2.45, 2.75) is 44.1 Å². The van der Waals surface area contributed by atoms with Gasteiger partial charge in [-0.15, -0.1) is 0 Å². The molecule has 2 fully saturated rings. The van der Waals surface area contributed by atoms with Crippen LogP contribution in [0.3, 0.4) is 0 Å². The summed E-state index contributed by atoms with van der Waals surface area (Å²) in [6.07, 6.45) is 4.66. The Hall–Kier alpha value is -2.67. The van der Waals surface area contributed by atoms with Crippen LogP contribution >= 0.6 is 15.9 Å². The van der Waals surface area contributed by atoms with Gasteiger partial charge in [0.2, 0.25) is 5.91 Å². The van der Waals surface area contributed by atoms with Crippen molar-refractivity contribution < 1.29 is 19.1 Å². The van der Waals surface area contributed by atoms with E-state index in [-0.39, 0.29) is 24.2 Å². The van der Waals surface area contributed by atoms with Gasteiger partial charge in [0.1, 0.15) is 5.60 Å². The lowest BCUT2D eigenvalue weighted by Gasteiger charge is -2.36. The highest BCUT2D eigenvalue weighted by atomic mass is 79.9. The molecule has 1 unspecified atom stereocenters. The van der Waals surface area contributed by atoms with E-state index in [4.69, 9.17) is 4.74 Å². The molecule has 6 nitrogen and oxygen atoms in total. The molecule has 2 aromatic carbocycles. The maximum absolute atomic E-state index is 12.9. The number of rotatable bonds is 4. The summed E-state index contributed by atoms with van der Waals surface area (Å²) in [7, 11) is 0. The summed E-state index contributed by atoms with van der Waals surface area (Å²) in [4.78, 5) is 37.2. The van der Waals surface area contributed by atoms with Crippen molar-refractivity contribution in [3.05, 3.63) is 58.6 Å². The molecule has 1 heterocycles. The topological polar surface area (TPSA) is 84.5 Å². The summed E-state index contributed by atoms with van der Waals surface area (Å²) in [6.45, 7) is 0. The van der Waals surface area contributed by atoms with Gasteiger partial charge in [-0.3, -0.25) is 14.4 Å². The van der Waals surface area contributed by atoms with Crippen LogP contribution in [0.5, 0.6) is 0 Å². The fourth-order valence-electron chi connectivity index (χ4n) is 4.30. The molecule has 7 heteroatoms. The average molecular weight is 471 g/mol. The SMILES string of the molecule is O=C1CC(C(=O)Nc2ccc(C(=O)Nc3ccc(Br)cc3)cc2)C2(CCCCC2)O1. The van der Waals surface area contributed by atoms with Gasteiger partial charge >= 0.3 is 5.97 Å². The van der Waals surface area contributed by atoms with E-state index in [1.54, 1.807) is 24.3 Å². The zero-order valence-corrected chi connectivity index (χ0v) is 18.0. The van der Waals surface area contributed by atoms with E-state index < -0.39 is 11.5 Å². The largest absolute Gasteiger partial charge is 0.458 e. The monoisotopic (exact) mass is 470 g/mol. The van der Waals surface area contributed by atoms with E-state index in [1.807, 2.05) is 24.3 Å². The van der Waals surface area contributed by atoms with Crippen LogP contribution in [-0.4, -0.2) is 23.4 Å².